The molecule has 1 aromatic heterocycles. The molecule has 0 saturated carbocycles. The zero-order valence-electron chi connectivity index (χ0n) is 17.0. The van der Waals surface area contributed by atoms with Crippen LogP contribution >= 0.6 is 0 Å². The van der Waals surface area contributed by atoms with E-state index in [4.69, 9.17) is 5.11 Å². The molecule has 0 aliphatic carbocycles. The SMILES string of the molecule is CCCCC1=NN(c2ccc(C(=O)O)cc2)C(=O)/C1=C\c1ccc(-n2cncn2)cc1. The van der Waals surface area contributed by atoms with Crippen LogP contribution in [0.1, 0.15) is 42.1 Å². The number of rotatable bonds is 7. The van der Waals surface area contributed by atoms with E-state index in [-0.39, 0.29) is 11.5 Å². The van der Waals surface area contributed by atoms with Gasteiger partial charge in [-0.1, -0.05) is 25.5 Å². The normalized spacial score (nSPS) is 14.9. The number of aromatic nitrogens is 3. The van der Waals surface area contributed by atoms with Gasteiger partial charge in [-0.05, 0) is 60.9 Å². The molecule has 1 aliphatic heterocycles. The lowest BCUT2D eigenvalue weighted by atomic mass is 10.0. The lowest BCUT2D eigenvalue weighted by molar-refractivity contribution is -0.114. The Labute approximate surface area is 179 Å². The minimum absolute atomic E-state index is 0.161. The lowest BCUT2D eigenvalue weighted by Crippen LogP contribution is -2.21. The molecule has 3 aromatic rings. The number of benzene rings is 2. The number of amides is 1. The molecule has 0 spiro atoms. The molecule has 156 valence electrons. The highest BCUT2D eigenvalue weighted by Crippen LogP contribution is 2.27. The van der Waals surface area contributed by atoms with E-state index in [1.54, 1.807) is 23.1 Å². The molecule has 0 radical (unpaired) electrons. The zero-order chi connectivity index (χ0) is 21.8. The van der Waals surface area contributed by atoms with Crippen LogP contribution in [0.25, 0.3) is 11.8 Å². The van der Waals surface area contributed by atoms with Crippen LogP contribution in [0.5, 0.6) is 0 Å². The summed E-state index contributed by atoms with van der Waals surface area (Å²) in [6.45, 7) is 2.09. The number of hydrogen-bond donors (Lipinski definition) is 1. The van der Waals surface area contributed by atoms with Gasteiger partial charge >= 0.3 is 5.97 Å². The molecule has 2 aromatic carbocycles. The molecule has 4 rings (SSSR count). The summed E-state index contributed by atoms with van der Waals surface area (Å²) in [6, 6.07) is 13.8. The first-order valence-corrected chi connectivity index (χ1v) is 9.99. The van der Waals surface area contributed by atoms with Crippen molar-refractivity contribution in [2.24, 2.45) is 5.10 Å². The summed E-state index contributed by atoms with van der Waals surface area (Å²) in [5.74, 6) is -1.24. The molecule has 1 aliphatic rings. The molecule has 0 fully saturated rings. The Morgan fingerprint density at radius 2 is 1.77 bits per heavy atom. The second kappa shape index (κ2) is 8.74. The van der Waals surface area contributed by atoms with Crippen molar-refractivity contribution in [1.29, 1.82) is 0 Å². The number of carbonyl (C=O) groups excluding carboxylic acids is 1. The number of anilines is 1. The number of carboxylic acids is 1. The number of carbonyl (C=O) groups is 2. The summed E-state index contributed by atoms with van der Waals surface area (Å²) < 4.78 is 1.66. The van der Waals surface area contributed by atoms with Crippen LogP contribution in [0, 0.1) is 0 Å². The smallest absolute Gasteiger partial charge is 0.335 e. The van der Waals surface area contributed by atoms with E-state index >= 15 is 0 Å². The molecule has 1 N–H and O–H groups in total. The molecular weight excluding hydrogens is 394 g/mol. The Balaban J connectivity index is 1.63. The first-order valence-electron chi connectivity index (χ1n) is 9.99. The summed E-state index contributed by atoms with van der Waals surface area (Å²) in [4.78, 5) is 28.2. The van der Waals surface area contributed by atoms with E-state index in [2.05, 4.69) is 22.1 Å². The second-order valence-corrected chi connectivity index (χ2v) is 7.11. The summed E-state index contributed by atoms with van der Waals surface area (Å²) in [5.41, 5.74) is 3.72. The standard InChI is InChI=1S/C23H21N5O3/c1-2-3-4-21-20(13-16-5-9-18(10-6-16)27-15-24-14-25-27)22(29)28(26-21)19-11-7-17(8-12-19)23(30)31/h5-15H,2-4H2,1H3,(H,30,31)/b20-13-. The van der Waals surface area contributed by atoms with E-state index in [9.17, 15) is 9.59 Å². The van der Waals surface area contributed by atoms with E-state index in [1.165, 1.54) is 23.5 Å². The van der Waals surface area contributed by atoms with Crippen LogP contribution in [0.3, 0.4) is 0 Å². The van der Waals surface area contributed by atoms with Crippen LogP contribution in [-0.4, -0.2) is 37.5 Å². The minimum atomic E-state index is -1.01. The molecule has 0 unspecified atom stereocenters. The van der Waals surface area contributed by atoms with Crippen LogP contribution in [-0.2, 0) is 4.79 Å². The molecule has 8 heteroatoms. The van der Waals surface area contributed by atoms with E-state index in [0.29, 0.717) is 17.7 Å². The van der Waals surface area contributed by atoms with Crippen molar-refractivity contribution >= 4 is 29.4 Å². The fourth-order valence-corrected chi connectivity index (χ4v) is 3.28. The first-order chi connectivity index (χ1) is 15.1. The molecule has 1 amide bonds. The number of hydrazone groups is 1. The Bertz CT molecular complexity index is 1150. The van der Waals surface area contributed by atoms with Gasteiger partial charge in [-0.15, -0.1) is 0 Å². The third-order valence-corrected chi connectivity index (χ3v) is 4.97. The molecule has 0 atom stereocenters. The summed E-state index contributed by atoms with van der Waals surface area (Å²) in [5, 5.41) is 19.1. The number of unbranched alkanes of at least 4 members (excludes halogenated alkanes) is 1. The molecular formula is C23H21N5O3. The van der Waals surface area contributed by atoms with E-state index < -0.39 is 5.97 Å². The van der Waals surface area contributed by atoms with Gasteiger partial charge in [-0.25, -0.2) is 14.5 Å². The van der Waals surface area contributed by atoms with Crippen LogP contribution in [0.2, 0.25) is 0 Å². The van der Waals surface area contributed by atoms with E-state index in [0.717, 1.165) is 29.8 Å². The second-order valence-electron chi connectivity index (χ2n) is 7.11. The van der Waals surface area contributed by atoms with Crippen LogP contribution < -0.4 is 5.01 Å². The van der Waals surface area contributed by atoms with Crippen LogP contribution in [0.15, 0.2) is 71.9 Å². The van der Waals surface area contributed by atoms with Crippen molar-refractivity contribution in [2.75, 3.05) is 5.01 Å². The van der Waals surface area contributed by atoms with Gasteiger partial charge in [0.25, 0.3) is 5.91 Å². The van der Waals surface area contributed by atoms with Gasteiger partial charge in [0.2, 0.25) is 0 Å². The summed E-state index contributed by atoms with van der Waals surface area (Å²) >= 11 is 0. The molecule has 0 bridgehead atoms. The Hall–Kier alpha value is -4.07. The monoisotopic (exact) mass is 415 g/mol. The molecule has 31 heavy (non-hydrogen) atoms. The van der Waals surface area contributed by atoms with Gasteiger partial charge in [0.15, 0.2) is 0 Å². The quantitative estimate of drug-likeness (QED) is 0.589. The van der Waals surface area contributed by atoms with Crippen molar-refractivity contribution in [2.45, 2.75) is 26.2 Å². The maximum atomic E-state index is 13.2. The molecule has 0 saturated heterocycles. The lowest BCUT2D eigenvalue weighted by Gasteiger charge is -2.11. The number of nitrogens with zero attached hydrogens (tertiary/aromatic N) is 5. The van der Waals surface area contributed by atoms with Crippen molar-refractivity contribution in [3.8, 4) is 5.69 Å². The first kappa shape index (κ1) is 20.2. The van der Waals surface area contributed by atoms with E-state index in [1.807, 2.05) is 30.3 Å². The van der Waals surface area contributed by atoms with Gasteiger partial charge in [0.05, 0.1) is 28.2 Å². The zero-order valence-corrected chi connectivity index (χ0v) is 17.0. The maximum absolute atomic E-state index is 13.2. The fourth-order valence-electron chi connectivity index (χ4n) is 3.28. The van der Waals surface area contributed by atoms with Crippen LogP contribution in [0.4, 0.5) is 5.69 Å². The van der Waals surface area contributed by atoms with Gasteiger partial charge in [0.1, 0.15) is 12.7 Å². The highest BCUT2D eigenvalue weighted by atomic mass is 16.4. The largest absolute Gasteiger partial charge is 0.478 e. The molecule has 8 nitrogen and oxygen atoms in total. The predicted octanol–water partition coefficient (Wildman–Crippen LogP) is 3.94. The van der Waals surface area contributed by atoms with Gasteiger partial charge < -0.3 is 5.11 Å². The predicted molar refractivity (Wildman–Crippen MR) is 117 cm³/mol. The average molecular weight is 415 g/mol. The summed E-state index contributed by atoms with van der Waals surface area (Å²) in [6.07, 6.45) is 7.53. The van der Waals surface area contributed by atoms with Crippen molar-refractivity contribution in [3.05, 3.63) is 77.9 Å². The Morgan fingerprint density at radius 3 is 2.39 bits per heavy atom. The Morgan fingerprint density at radius 1 is 1.06 bits per heavy atom. The average Bonchev–Trinajstić information content (AvgIpc) is 3.42. The van der Waals surface area contributed by atoms with Gasteiger partial charge in [-0.3, -0.25) is 4.79 Å². The van der Waals surface area contributed by atoms with Crippen molar-refractivity contribution < 1.29 is 14.7 Å². The highest BCUT2D eigenvalue weighted by molar-refractivity contribution is 6.32. The van der Waals surface area contributed by atoms with Crippen molar-refractivity contribution in [3.63, 3.8) is 0 Å². The van der Waals surface area contributed by atoms with Gasteiger partial charge in [-0.2, -0.15) is 15.2 Å². The third-order valence-electron chi connectivity index (χ3n) is 4.97. The number of carboxylic acid groups (broad SMARTS) is 1. The van der Waals surface area contributed by atoms with Gasteiger partial charge in [0, 0.05) is 0 Å². The third kappa shape index (κ3) is 4.28. The molecule has 2 heterocycles. The number of aromatic carboxylic acids is 1. The van der Waals surface area contributed by atoms with Crippen molar-refractivity contribution in [1.82, 2.24) is 14.8 Å². The minimum Gasteiger partial charge on any atom is -0.478 e. The highest BCUT2D eigenvalue weighted by Gasteiger charge is 2.30. The number of hydrogen-bond acceptors (Lipinski definition) is 5. The Kier molecular flexibility index (Phi) is 5.70. The maximum Gasteiger partial charge on any atom is 0.335 e. The summed E-state index contributed by atoms with van der Waals surface area (Å²) in [7, 11) is 0. The fraction of sp³-hybridized carbons (Fsp3) is 0.174. The topological polar surface area (TPSA) is 101 Å².